The van der Waals surface area contributed by atoms with Crippen LogP contribution >= 0.6 is 11.8 Å². The van der Waals surface area contributed by atoms with Gasteiger partial charge in [-0.15, -0.1) is 11.8 Å². The maximum atomic E-state index is 11.7. The van der Waals surface area contributed by atoms with Crippen molar-refractivity contribution in [3.8, 4) is 5.75 Å². The average Bonchev–Trinajstić information content (AvgIpc) is 2.14. The van der Waals surface area contributed by atoms with Crippen LogP contribution < -0.4 is 0 Å². The first-order valence-corrected chi connectivity index (χ1v) is 5.83. The van der Waals surface area contributed by atoms with Crippen LogP contribution in [0.3, 0.4) is 0 Å². The summed E-state index contributed by atoms with van der Waals surface area (Å²) in [6, 6.07) is 6.38. The van der Waals surface area contributed by atoms with Gasteiger partial charge in [0.15, 0.2) is 5.78 Å². The molecule has 3 heteroatoms. The molecule has 0 aliphatic carbocycles. The summed E-state index contributed by atoms with van der Waals surface area (Å²) in [7, 11) is 0. The highest BCUT2D eigenvalue weighted by Gasteiger charge is 2.14. The van der Waals surface area contributed by atoms with Crippen LogP contribution in [0.2, 0.25) is 0 Å². The van der Waals surface area contributed by atoms with E-state index in [9.17, 15) is 4.79 Å². The van der Waals surface area contributed by atoms with Gasteiger partial charge in [0.1, 0.15) is 5.75 Å². The highest BCUT2D eigenvalue weighted by atomic mass is 32.2. The Kier molecular flexibility index (Phi) is 3.80. The molecular formula is C12H16O2S. The van der Waals surface area contributed by atoms with E-state index in [-0.39, 0.29) is 16.3 Å². The lowest BCUT2D eigenvalue weighted by Gasteiger charge is -2.16. The van der Waals surface area contributed by atoms with Gasteiger partial charge in [-0.2, -0.15) is 0 Å². The number of Topliss-reactive ketones (excluding diaryl/α,β-unsaturated/α-hetero) is 1. The van der Waals surface area contributed by atoms with Crippen LogP contribution in [0, 0.1) is 0 Å². The Labute approximate surface area is 94.7 Å². The van der Waals surface area contributed by atoms with Gasteiger partial charge < -0.3 is 5.11 Å². The van der Waals surface area contributed by atoms with Gasteiger partial charge >= 0.3 is 0 Å². The Morgan fingerprint density at radius 1 is 1.27 bits per heavy atom. The molecule has 2 nitrogen and oxygen atoms in total. The number of hydrogen-bond donors (Lipinski definition) is 1. The molecule has 0 aliphatic rings. The third-order valence-electron chi connectivity index (χ3n) is 1.83. The first-order chi connectivity index (χ1) is 6.88. The molecular weight excluding hydrogens is 208 g/mol. The molecule has 0 atom stereocenters. The highest BCUT2D eigenvalue weighted by molar-refractivity contribution is 8.01. The number of carbonyl (C=O) groups excluding carboxylic acids is 1. The van der Waals surface area contributed by atoms with E-state index in [1.807, 2.05) is 0 Å². The summed E-state index contributed by atoms with van der Waals surface area (Å²) in [4.78, 5) is 11.7. The number of rotatable bonds is 3. The first-order valence-electron chi connectivity index (χ1n) is 4.85. The van der Waals surface area contributed by atoms with Gasteiger partial charge in [0, 0.05) is 10.3 Å². The number of thioether (sulfide) groups is 1. The van der Waals surface area contributed by atoms with Crippen molar-refractivity contribution in [1.82, 2.24) is 0 Å². The summed E-state index contributed by atoms with van der Waals surface area (Å²) < 4.78 is 0.104. The van der Waals surface area contributed by atoms with Crippen LogP contribution in [0.1, 0.15) is 31.1 Å². The molecule has 0 aliphatic heterocycles. The van der Waals surface area contributed by atoms with Crippen molar-refractivity contribution in [3.05, 3.63) is 29.8 Å². The SMILES string of the molecule is CC(C)(C)SCC(=O)c1ccc(O)cc1. The molecule has 1 N–H and O–H groups in total. The number of ketones is 1. The molecule has 15 heavy (non-hydrogen) atoms. The topological polar surface area (TPSA) is 37.3 Å². The van der Waals surface area contributed by atoms with E-state index in [0.29, 0.717) is 11.3 Å². The van der Waals surface area contributed by atoms with Gasteiger partial charge in [0.25, 0.3) is 0 Å². The Hall–Kier alpha value is -0.960. The van der Waals surface area contributed by atoms with E-state index in [4.69, 9.17) is 5.11 Å². The lowest BCUT2D eigenvalue weighted by Crippen LogP contribution is -2.12. The van der Waals surface area contributed by atoms with Crippen LogP contribution in [0.5, 0.6) is 5.75 Å². The van der Waals surface area contributed by atoms with E-state index in [1.54, 1.807) is 23.9 Å². The second-order valence-electron chi connectivity index (χ2n) is 4.37. The van der Waals surface area contributed by atoms with Crippen molar-refractivity contribution in [1.29, 1.82) is 0 Å². The molecule has 0 spiro atoms. The standard InChI is InChI=1S/C12H16O2S/c1-12(2,3)15-8-11(14)9-4-6-10(13)7-5-9/h4-7,13H,8H2,1-3H3. The minimum Gasteiger partial charge on any atom is -0.508 e. The quantitative estimate of drug-likeness (QED) is 0.802. The molecule has 0 bridgehead atoms. The van der Waals surface area contributed by atoms with Crippen LogP contribution in [0.4, 0.5) is 0 Å². The van der Waals surface area contributed by atoms with Gasteiger partial charge in [0.05, 0.1) is 5.75 Å². The molecule has 0 fully saturated rings. The zero-order valence-electron chi connectivity index (χ0n) is 9.28. The van der Waals surface area contributed by atoms with Crippen molar-refractivity contribution >= 4 is 17.5 Å². The summed E-state index contributed by atoms with van der Waals surface area (Å²) in [5, 5.41) is 9.08. The Bertz CT molecular complexity index is 336. The summed E-state index contributed by atoms with van der Waals surface area (Å²) in [6.07, 6.45) is 0. The third kappa shape index (κ3) is 4.38. The molecule has 0 heterocycles. The smallest absolute Gasteiger partial charge is 0.172 e. The van der Waals surface area contributed by atoms with Crippen LogP contribution in [0.15, 0.2) is 24.3 Å². The average molecular weight is 224 g/mol. The van der Waals surface area contributed by atoms with Crippen molar-refractivity contribution in [2.75, 3.05) is 5.75 Å². The second kappa shape index (κ2) is 4.71. The maximum Gasteiger partial charge on any atom is 0.172 e. The largest absolute Gasteiger partial charge is 0.508 e. The highest BCUT2D eigenvalue weighted by Crippen LogP contribution is 2.24. The van der Waals surface area contributed by atoms with Gasteiger partial charge in [0.2, 0.25) is 0 Å². The molecule has 0 saturated heterocycles. The predicted octanol–water partition coefficient (Wildman–Crippen LogP) is 3.11. The maximum absolute atomic E-state index is 11.7. The normalized spacial score (nSPS) is 11.4. The molecule has 1 aromatic rings. The van der Waals surface area contributed by atoms with Crippen molar-refractivity contribution in [3.63, 3.8) is 0 Å². The fourth-order valence-electron chi connectivity index (χ4n) is 1.01. The monoisotopic (exact) mass is 224 g/mol. The third-order valence-corrected chi connectivity index (χ3v) is 3.10. The van der Waals surface area contributed by atoms with E-state index >= 15 is 0 Å². The molecule has 0 unspecified atom stereocenters. The second-order valence-corrected chi connectivity index (χ2v) is 6.17. The van der Waals surface area contributed by atoms with Gasteiger partial charge in [-0.05, 0) is 24.3 Å². The molecule has 0 radical (unpaired) electrons. The number of carbonyl (C=O) groups is 1. The summed E-state index contributed by atoms with van der Waals surface area (Å²) in [5.74, 6) is 0.777. The fraction of sp³-hybridized carbons (Fsp3) is 0.417. The molecule has 82 valence electrons. The number of phenolic OH excluding ortho intramolecular Hbond substituents is 1. The van der Waals surface area contributed by atoms with Crippen molar-refractivity contribution in [2.45, 2.75) is 25.5 Å². The minimum atomic E-state index is 0.104. The first kappa shape index (κ1) is 12.1. The van der Waals surface area contributed by atoms with E-state index in [0.717, 1.165) is 0 Å². The minimum absolute atomic E-state index is 0.104. The fourth-order valence-corrected chi connectivity index (χ4v) is 1.74. The molecule has 0 saturated carbocycles. The van der Waals surface area contributed by atoms with Crippen LogP contribution in [-0.2, 0) is 0 Å². The predicted molar refractivity (Wildman–Crippen MR) is 64.6 cm³/mol. The van der Waals surface area contributed by atoms with E-state index < -0.39 is 0 Å². The zero-order chi connectivity index (χ0) is 11.5. The van der Waals surface area contributed by atoms with Gasteiger partial charge in [-0.25, -0.2) is 0 Å². The number of phenols is 1. The Morgan fingerprint density at radius 2 is 1.80 bits per heavy atom. The molecule has 0 aromatic heterocycles. The molecule has 0 amide bonds. The number of benzene rings is 1. The van der Waals surface area contributed by atoms with E-state index in [1.165, 1.54) is 12.1 Å². The Balaban J connectivity index is 2.58. The number of aromatic hydroxyl groups is 1. The van der Waals surface area contributed by atoms with Crippen LogP contribution in [-0.4, -0.2) is 21.4 Å². The van der Waals surface area contributed by atoms with E-state index in [2.05, 4.69) is 20.8 Å². The lowest BCUT2D eigenvalue weighted by atomic mass is 10.1. The molecule has 1 rings (SSSR count). The summed E-state index contributed by atoms with van der Waals surface area (Å²) in [6.45, 7) is 6.26. The Morgan fingerprint density at radius 3 is 2.27 bits per heavy atom. The zero-order valence-corrected chi connectivity index (χ0v) is 10.1. The summed E-state index contributed by atoms with van der Waals surface area (Å²) in [5.41, 5.74) is 0.657. The van der Waals surface area contributed by atoms with Gasteiger partial charge in [-0.3, -0.25) is 4.79 Å². The lowest BCUT2D eigenvalue weighted by molar-refractivity contribution is 0.102. The van der Waals surface area contributed by atoms with Gasteiger partial charge in [-0.1, -0.05) is 20.8 Å². The summed E-state index contributed by atoms with van der Waals surface area (Å²) >= 11 is 1.63. The van der Waals surface area contributed by atoms with Crippen molar-refractivity contribution < 1.29 is 9.90 Å². The molecule has 1 aromatic carbocycles. The van der Waals surface area contributed by atoms with Crippen molar-refractivity contribution in [2.24, 2.45) is 0 Å². The van der Waals surface area contributed by atoms with Crippen LogP contribution in [0.25, 0.3) is 0 Å². The number of hydrogen-bond acceptors (Lipinski definition) is 3.